The van der Waals surface area contributed by atoms with Gasteiger partial charge in [0, 0.05) is 25.6 Å². The van der Waals surface area contributed by atoms with Crippen molar-refractivity contribution in [3.8, 4) is 0 Å². The molecule has 0 bridgehead atoms. The maximum atomic E-state index is 4.93. The molecule has 3 aliphatic rings. The Balaban J connectivity index is 1.59. The summed E-state index contributed by atoms with van der Waals surface area (Å²) in [6.45, 7) is 6.01. The average molecular weight is 276 g/mol. The van der Waals surface area contributed by atoms with Crippen molar-refractivity contribution in [3.63, 3.8) is 0 Å². The van der Waals surface area contributed by atoms with E-state index in [0.717, 1.165) is 24.3 Å². The number of hydrogen-bond donors (Lipinski definition) is 0. The predicted molar refractivity (Wildman–Crippen MR) is 86.2 cm³/mol. The lowest BCUT2D eigenvalue weighted by atomic mass is 9.76. The van der Waals surface area contributed by atoms with E-state index in [-0.39, 0.29) is 0 Å². The van der Waals surface area contributed by atoms with E-state index in [0.29, 0.717) is 0 Å². The Morgan fingerprint density at radius 1 is 0.950 bits per heavy atom. The summed E-state index contributed by atoms with van der Waals surface area (Å²) in [4.78, 5) is 7.56. The first-order chi connectivity index (χ1) is 9.86. The molecule has 2 fully saturated rings. The highest BCUT2D eigenvalue weighted by Crippen LogP contribution is 2.36. The molecule has 0 radical (unpaired) electrons. The van der Waals surface area contributed by atoms with Gasteiger partial charge in [-0.15, -0.1) is 0 Å². The van der Waals surface area contributed by atoms with E-state index in [1.165, 1.54) is 83.1 Å². The molecule has 2 heteroatoms. The molecule has 0 spiro atoms. The fourth-order valence-electron chi connectivity index (χ4n) is 4.61. The molecule has 3 rings (SSSR count). The van der Waals surface area contributed by atoms with Crippen LogP contribution in [0.4, 0.5) is 0 Å². The lowest BCUT2D eigenvalue weighted by Gasteiger charge is -2.35. The second-order valence-corrected chi connectivity index (χ2v) is 7.30. The van der Waals surface area contributed by atoms with Gasteiger partial charge < -0.3 is 4.90 Å². The van der Waals surface area contributed by atoms with E-state index >= 15 is 0 Å². The predicted octanol–water partition coefficient (Wildman–Crippen LogP) is 4.50. The first kappa shape index (κ1) is 14.4. The summed E-state index contributed by atoms with van der Waals surface area (Å²) in [5.74, 6) is 4.32. The summed E-state index contributed by atoms with van der Waals surface area (Å²) in [6, 6.07) is 0. The van der Waals surface area contributed by atoms with Crippen molar-refractivity contribution in [1.29, 1.82) is 0 Å². The van der Waals surface area contributed by atoms with Crippen LogP contribution < -0.4 is 0 Å². The molecule has 1 saturated heterocycles. The van der Waals surface area contributed by atoms with Crippen LogP contribution in [0.3, 0.4) is 0 Å². The molecule has 0 amide bonds. The first-order valence-corrected chi connectivity index (χ1v) is 9.16. The van der Waals surface area contributed by atoms with Gasteiger partial charge in [-0.2, -0.15) is 0 Å². The quantitative estimate of drug-likeness (QED) is 0.741. The van der Waals surface area contributed by atoms with Gasteiger partial charge in [0.2, 0.25) is 0 Å². The molecule has 2 heterocycles. The van der Waals surface area contributed by atoms with Crippen molar-refractivity contribution in [1.82, 2.24) is 4.90 Å². The topological polar surface area (TPSA) is 15.6 Å². The van der Waals surface area contributed by atoms with E-state index < -0.39 is 0 Å². The number of fused-ring (bicyclic) bond motifs is 1. The van der Waals surface area contributed by atoms with Gasteiger partial charge in [0.25, 0.3) is 0 Å². The van der Waals surface area contributed by atoms with Gasteiger partial charge in [0.1, 0.15) is 5.84 Å². The van der Waals surface area contributed by atoms with Crippen LogP contribution in [0.2, 0.25) is 0 Å². The summed E-state index contributed by atoms with van der Waals surface area (Å²) >= 11 is 0. The molecular formula is C18H32N2. The van der Waals surface area contributed by atoms with E-state index in [2.05, 4.69) is 11.8 Å². The molecule has 20 heavy (non-hydrogen) atoms. The van der Waals surface area contributed by atoms with Crippen LogP contribution in [0.25, 0.3) is 0 Å². The van der Waals surface area contributed by atoms with Gasteiger partial charge in [-0.25, -0.2) is 0 Å². The van der Waals surface area contributed by atoms with Gasteiger partial charge in [0.05, 0.1) is 0 Å². The molecule has 114 valence electrons. The average Bonchev–Trinajstić information content (AvgIpc) is 2.71. The molecule has 0 N–H and O–H groups in total. The zero-order valence-electron chi connectivity index (χ0n) is 13.3. The number of amidine groups is 1. The highest BCUT2D eigenvalue weighted by atomic mass is 15.2. The van der Waals surface area contributed by atoms with Gasteiger partial charge >= 0.3 is 0 Å². The van der Waals surface area contributed by atoms with Gasteiger partial charge in [-0.05, 0) is 37.5 Å². The smallest absolute Gasteiger partial charge is 0.102 e. The van der Waals surface area contributed by atoms with Gasteiger partial charge in [0.15, 0.2) is 0 Å². The van der Waals surface area contributed by atoms with Crippen LogP contribution in [0, 0.1) is 17.8 Å². The summed E-state index contributed by atoms with van der Waals surface area (Å²) in [7, 11) is 0. The van der Waals surface area contributed by atoms with Crippen molar-refractivity contribution < 1.29 is 0 Å². The lowest BCUT2D eigenvalue weighted by Crippen LogP contribution is -2.40. The van der Waals surface area contributed by atoms with Gasteiger partial charge in [-0.1, -0.05) is 45.4 Å². The second kappa shape index (κ2) is 6.95. The number of aliphatic imine (C=N–C) groups is 1. The minimum atomic E-state index is 0.793. The Kier molecular flexibility index (Phi) is 5.01. The van der Waals surface area contributed by atoms with Crippen molar-refractivity contribution in [3.05, 3.63) is 0 Å². The zero-order chi connectivity index (χ0) is 13.8. The van der Waals surface area contributed by atoms with E-state index in [1.807, 2.05) is 0 Å². The Morgan fingerprint density at radius 3 is 2.50 bits per heavy atom. The number of hydrogen-bond acceptors (Lipinski definition) is 2. The molecule has 0 aromatic carbocycles. The molecule has 2 aliphatic heterocycles. The molecule has 0 aromatic heterocycles. The SMILES string of the molecule is CCC1CCC(CC2CCCCN3CCCN=C23)CC1. The maximum Gasteiger partial charge on any atom is 0.102 e. The maximum absolute atomic E-state index is 4.93. The molecule has 1 unspecified atom stereocenters. The first-order valence-electron chi connectivity index (χ1n) is 9.16. The van der Waals surface area contributed by atoms with E-state index in [9.17, 15) is 0 Å². The molecule has 1 saturated carbocycles. The van der Waals surface area contributed by atoms with Crippen LogP contribution in [-0.4, -0.2) is 30.4 Å². The Labute approximate surface area is 125 Å². The van der Waals surface area contributed by atoms with Crippen LogP contribution in [0.5, 0.6) is 0 Å². The molecule has 1 aliphatic carbocycles. The van der Waals surface area contributed by atoms with Crippen LogP contribution in [-0.2, 0) is 0 Å². The molecule has 0 aromatic rings. The third-order valence-electron chi connectivity index (χ3n) is 5.94. The summed E-state index contributed by atoms with van der Waals surface area (Å²) in [6.07, 6.45) is 14.3. The standard InChI is InChI=1S/C18H32N2/c1-2-15-7-9-16(10-8-15)14-17-6-3-4-12-20-13-5-11-19-18(17)20/h15-17H,2-14H2,1H3. The lowest BCUT2D eigenvalue weighted by molar-refractivity contribution is 0.240. The number of rotatable bonds is 3. The van der Waals surface area contributed by atoms with Gasteiger partial charge in [-0.3, -0.25) is 4.99 Å². The van der Waals surface area contributed by atoms with Crippen LogP contribution in [0.15, 0.2) is 4.99 Å². The third kappa shape index (κ3) is 3.38. The zero-order valence-corrected chi connectivity index (χ0v) is 13.3. The Bertz CT molecular complexity index is 328. The second-order valence-electron chi connectivity index (χ2n) is 7.30. The summed E-state index contributed by atoms with van der Waals surface area (Å²) in [5, 5.41) is 0. The fraction of sp³-hybridized carbons (Fsp3) is 0.944. The van der Waals surface area contributed by atoms with Crippen LogP contribution in [0.1, 0.15) is 71.1 Å². The number of nitrogens with zero attached hydrogens (tertiary/aromatic N) is 2. The molecule has 2 nitrogen and oxygen atoms in total. The Hall–Kier alpha value is -0.530. The van der Waals surface area contributed by atoms with Crippen molar-refractivity contribution >= 4 is 5.84 Å². The largest absolute Gasteiger partial charge is 0.360 e. The monoisotopic (exact) mass is 276 g/mol. The Morgan fingerprint density at radius 2 is 1.70 bits per heavy atom. The van der Waals surface area contributed by atoms with Crippen molar-refractivity contribution in [2.75, 3.05) is 19.6 Å². The summed E-state index contributed by atoms with van der Waals surface area (Å²) in [5.41, 5.74) is 0. The molecule has 1 atom stereocenters. The minimum Gasteiger partial charge on any atom is -0.360 e. The highest BCUT2D eigenvalue weighted by molar-refractivity contribution is 5.85. The van der Waals surface area contributed by atoms with Crippen molar-refractivity contribution in [2.45, 2.75) is 71.1 Å². The fourth-order valence-corrected chi connectivity index (χ4v) is 4.61. The van der Waals surface area contributed by atoms with E-state index in [1.54, 1.807) is 0 Å². The summed E-state index contributed by atoms with van der Waals surface area (Å²) < 4.78 is 0. The third-order valence-corrected chi connectivity index (χ3v) is 5.94. The van der Waals surface area contributed by atoms with Crippen molar-refractivity contribution in [2.24, 2.45) is 22.7 Å². The van der Waals surface area contributed by atoms with E-state index in [4.69, 9.17) is 4.99 Å². The highest BCUT2D eigenvalue weighted by Gasteiger charge is 2.30. The molecular weight excluding hydrogens is 244 g/mol. The minimum absolute atomic E-state index is 0.793. The normalized spacial score (nSPS) is 35.1. The van der Waals surface area contributed by atoms with Crippen LogP contribution >= 0.6 is 0 Å².